The van der Waals surface area contributed by atoms with Gasteiger partial charge in [0.15, 0.2) is 0 Å². The molecule has 0 spiro atoms. The van der Waals surface area contributed by atoms with Crippen molar-refractivity contribution in [1.82, 2.24) is 19.5 Å². The van der Waals surface area contributed by atoms with Crippen LogP contribution in [0.3, 0.4) is 0 Å². The van der Waals surface area contributed by atoms with E-state index in [2.05, 4.69) is 46.5 Å². The molecule has 0 amide bonds. The van der Waals surface area contributed by atoms with Crippen molar-refractivity contribution in [3.8, 4) is 0 Å². The summed E-state index contributed by atoms with van der Waals surface area (Å²) in [4.78, 5) is 11.6. The Morgan fingerprint density at radius 1 is 1.35 bits per heavy atom. The molecule has 0 saturated carbocycles. The number of aromatic amines is 1. The van der Waals surface area contributed by atoms with E-state index in [9.17, 15) is 0 Å². The molecule has 0 aliphatic rings. The molecule has 1 atom stereocenters. The van der Waals surface area contributed by atoms with Crippen molar-refractivity contribution in [1.29, 1.82) is 0 Å². The van der Waals surface area contributed by atoms with Crippen LogP contribution < -0.4 is 0 Å². The van der Waals surface area contributed by atoms with Crippen LogP contribution in [0.2, 0.25) is 0 Å². The van der Waals surface area contributed by atoms with Gasteiger partial charge in [0.2, 0.25) is 0 Å². The van der Waals surface area contributed by atoms with Gasteiger partial charge in [-0.2, -0.15) is 0 Å². The van der Waals surface area contributed by atoms with E-state index in [0.717, 1.165) is 13.0 Å². The Morgan fingerprint density at radius 3 is 2.76 bits per heavy atom. The molecular weight excluding hydrogens is 212 g/mol. The van der Waals surface area contributed by atoms with Gasteiger partial charge in [-0.15, -0.1) is 0 Å². The third-order valence-corrected chi connectivity index (χ3v) is 3.12. The molecule has 4 heteroatoms. The van der Waals surface area contributed by atoms with Crippen molar-refractivity contribution >= 4 is 0 Å². The van der Waals surface area contributed by atoms with Crippen LogP contribution in [0, 0.1) is 0 Å². The topological polar surface area (TPSA) is 46.5 Å². The second-order valence-electron chi connectivity index (χ2n) is 4.89. The van der Waals surface area contributed by atoms with Gasteiger partial charge in [0.25, 0.3) is 0 Å². The summed E-state index contributed by atoms with van der Waals surface area (Å²) in [7, 11) is 0. The van der Waals surface area contributed by atoms with Gasteiger partial charge in [-0.3, -0.25) is 0 Å². The Labute approximate surface area is 102 Å². The second kappa shape index (κ2) is 5.17. The van der Waals surface area contributed by atoms with Crippen LogP contribution >= 0.6 is 0 Å². The van der Waals surface area contributed by atoms with E-state index in [1.165, 1.54) is 11.4 Å². The Balaban J connectivity index is 1.89. The molecule has 2 aromatic heterocycles. The van der Waals surface area contributed by atoms with E-state index in [0.29, 0.717) is 11.8 Å². The number of aryl methyl sites for hydroxylation is 1. The summed E-state index contributed by atoms with van der Waals surface area (Å²) in [5.41, 5.74) is 2.37. The average molecular weight is 232 g/mol. The van der Waals surface area contributed by atoms with Gasteiger partial charge >= 0.3 is 0 Å². The molecule has 0 aliphatic carbocycles. The van der Waals surface area contributed by atoms with Crippen LogP contribution in [-0.4, -0.2) is 19.5 Å². The molecule has 0 aliphatic heterocycles. The smallest absolute Gasteiger partial charge is 0.0949 e. The maximum absolute atomic E-state index is 4.40. The van der Waals surface area contributed by atoms with Crippen LogP contribution in [0.25, 0.3) is 0 Å². The fraction of sp³-hybridized carbons (Fsp3) is 0.538. The fourth-order valence-corrected chi connectivity index (χ4v) is 1.83. The molecule has 2 rings (SSSR count). The first-order valence-corrected chi connectivity index (χ1v) is 6.16. The van der Waals surface area contributed by atoms with E-state index in [1.54, 1.807) is 6.33 Å². The zero-order valence-electron chi connectivity index (χ0n) is 10.7. The quantitative estimate of drug-likeness (QED) is 0.861. The standard InChI is InChI=1S/C13H20N4/c1-10(2)13-7-17(9-16-13)5-4-11(3)12-6-14-8-15-12/h6-11H,4-5H2,1-3H3,(H,14,15). The first-order chi connectivity index (χ1) is 8.16. The van der Waals surface area contributed by atoms with Gasteiger partial charge in [-0.25, -0.2) is 9.97 Å². The molecular formula is C13H20N4. The Bertz CT molecular complexity index is 442. The van der Waals surface area contributed by atoms with E-state index in [1.807, 2.05) is 12.5 Å². The maximum atomic E-state index is 4.40. The number of hydrogen-bond acceptors (Lipinski definition) is 2. The monoisotopic (exact) mass is 232 g/mol. The maximum Gasteiger partial charge on any atom is 0.0949 e. The molecule has 0 aromatic carbocycles. The summed E-state index contributed by atoms with van der Waals surface area (Å²) in [6.45, 7) is 7.55. The summed E-state index contributed by atoms with van der Waals surface area (Å²) >= 11 is 0. The number of aromatic nitrogens is 4. The molecule has 17 heavy (non-hydrogen) atoms. The lowest BCUT2D eigenvalue weighted by Crippen LogP contribution is -2.01. The highest BCUT2D eigenvalue weighted by atomic mass is 15.0. The summed E-state index contributed by atoms with van der Waals surface area (Å²) in [5.74, 6) is 1.00. The molecule has 2 aromatic rings. The van der Waals surface area contributed by atoms with E-state index in [-0.39, 0.29) is 0 Å². The van der Waals surface area contributed by atoms with Gasteiger partial charge in [0.1, 0.15) is 0 Å². The van der Waals surface area contributed by atoms with Crippen molar-refractivity contribution in [2.45, 2.75) is 45.6 Å². The number of imidazole rings is 2. The number of nitrogens with zero attached hydrogens (tertiary/aromatic N) is 3. The van der Waals surface area contributed by atoms with E-state index >= 15 is 0 Å². The largest absolute Gasteiger partial charge is 0.348 e. The summed E-state index contributed by atoms with van der Waals surface area (Å²) in [6.07, 6.45) is 8.80. The van der Waals surface area contributed by atoms with Gasteiger partial charge < -0.3 is 9.55 Å². The van der Waals surface area contributed by atoms with Crippen LogP contribution in [0.15, 0.2) is 25.0 Å². The minimum absolute atomic E-state index is 0.501. The van der Waals surface area contributed by atoms with Crippen LogP contribution in [0.1, 0.15) is 50.4 Å². The molecule has 2 heterocycles. The molecule has 0 radical (unpaired) electrons. The lowest BCUT2D eigenvalue weighted by atomic mass is 10.1. The van der Waals surface area contributed by atoms with Crippen LogP contribution in [0.5, 0.6) is 0 Å². The number of nitrogens with one attached hydrogen (secondary N) is 1. The highest BCUT2D eigenvalue weighted by Gasteiger charge is 2.08. The summed E-state index contributed by atoms with van der Waals surface area (Å²) in [5, 5.41) is 0. The Kier molecular flexibility index (Phi) is 3.61. The zero-order valence-corrected chi connectivity index (χ0v) is 10.7. The predicted molar refractivity (Wildman–Crippen MR) is 67.9 cm³/mol. The molecule has 0 bridgehead atoms. The second-order valence-corrected chi connectivity index (χ2v) is 4.89. The fourth-order valence-electron chi connectivity index (χ4n) is 1.83. The first-order valence-electron chi connectivity index (χ1n) is 6.16. The highest BCUT2D eigenvalue weighted by Crippen LogP contribution is 2.17. The summed E-state index contributed by atoms with van der Waals surface area (Å²) < 4.78 is 2.17. The molecule has 1 N–H and O–H groups in total. The molecule has 1 unspecified atom stereocenters. The van der Waals surface area contributed by atoms with Crippen molar-refractivity contribution in [3.05, 3.63) is 36.4 Å². The first kappa shape index (κ1) is 11.9. The highest BCUT2D eigenvalue weighted by molar-refractivity contribution is 5.03. The molecule has 0 fully saturated rings. The minimum atomic E-state index is 0.501. The third kappa shape index (κ3) is 2.96. The van der Waals surface area contributed by atoms with Crippen molar-refractivity contribution in [2.24, 2.45) is 0 Å². The lowest BCUT2D eigenvalue weighted by Gasteiger charge is -2.09. The normalized spacial score (nSPS) is 13.2. The van der Waals surface area contributed by atoms with Gasteiger partial charge in [0, 0.05) is 24.6 Å². The Morgan fingerprint density at radius 2 is 2.18 bits per heavy atom. The minimum Gasteiger partial charge on any atom is -0.348 e. The van der Waals surface area contributed by atoms with E-state index < -0.39 is 0 Å². The molecule has 4 nitrogen and oxygen atoms in total. The van der Waals surface area contributed by atoms with E-state index in [4.69, 9.17) is 0 Å². The lowest BCUT2D eigenvalue weighted by molar-refractivity contribution is 0.568. The summed E-state index contributed by atoms with van der Waals surface area (Å²) in [6, 6.07) is 0. The van der Waals surface area contributed by atoms with Crippen molar-refractivity contribution in [3.63, 3.8) is 0 Å². The zero-order chi connectivity index (χ0) is 12.3. The van der Waals surface area contributed by atoms with Crippen molar-refractivity contribution in [2.75, 3.05) is 0 Å². The van der Waals surface area contributed by atoms with Crippen molar-refractivity contribution < 1.29 is 0 Å². The number of rotatable bonds is 5. The number of hydrogen-bond donors (Lipinski definition) is 1. The molecule has 92 valence electrons. The Hall–Kier alpha value is -1.58. The van der Waals surface area contributed by atoms with Gasteiger partial charge in [0.05, 0.1) is 18.3 Å². The number of H-pyrrole nitrogens is 1. The van der Waals surface area contributed by atoms with Crippen LogP contribution in [0.4, 0.5) is 0 Å². The van der Waals surface area contributed by atoms with Gasteiger partial charge in [-0.05, 0) is 18.3 Å². The molecule has 0 saturated heterocycles. The average Bonchev–Trinajstić information content (AvgIpc) is 2.97. The third-order valence-electron chi connectivity index (χ3n) is 3.12. The predicted octanol–water partition coefficient (Wildman–Crippen LogP) is 2.92. The van der Waals surface area contributed by atoms with Crippen LogP contribution in [-0.2, 0) is 6.54 Å². The SMILES string of the molecule is CC(C)c1cn(CCC(C)c2cnc[nH]2)cn1. The van der Waals surface area contributed by atoms with Gasteiger partial charge in [-0.1, -0.05) is 20.8 Å².